The average molecular weight is 1020 g/mol. The van der Waals surface area contributed by atoms with E-state index >= 15 is 0 Å². The minimum atomic E-state index is -0.325. The molecule has 64 heavy (non-hydrogen) atoms. The van der Waals surface area contributed by atoms with Crippen molar-refractivity contribution in [1.82, 2.24) is 14.5 Å². The molecule has 10 rings (SSSR count). The molecule has 7 aromatic carbocycles. The Morgan fingerprint density at radius 1 is 0.562 bits per heavy atom. The zero-order valence-electron chi connectivity index (χ0n) is 37.9. The zero-order valence-corrected chi connectivity index (χ0v) is 40.1. The summed E-state index contributed by atoms with van der Waals surface area (Å²) in [4.78, 5) is 10.5. The number of para-hydroxylation sites is 1. The van der Waals surface area contributed by atoms with Gasteiger partial charge >= 0.3 is 0 Å². The first-order valence-corrected chi connectivity index (χ1v) is 21.9. The molecule has 5 nitrogen and oxygen atoms in total. The van der Waals surface area contributed by atoms with Gasteiger partial charge in [-0.3, -0.25) is 9.55 Å². The van der Waals surface area contributed by atoms with Crippen LogP contribution in [0.1, 0.15) is 79.0 Å². The topological polar surface area (TPSA) is 64.1 Å². The van der Waals surface area contributed by atoms with Crippen molar-refractivity contribution in [1.29, 1.82) is 0 Å². The summed E-state index contributed by atoms with van der Waals surface area (Å²) < 4.78 is 8.56. The summed E-state index contributed by atoms with van der Waals surface area (Å²) in [7, 11) is 0. The van der Waals surface area contributed by atoms with Crippen LogP contribution in [-0.2, 0) is 37.3 Å². The van der Waals surface area contributed by atoms with Crippen molar-refractivity contribution in [3.63, 3.8) is 0 Å². The number of hydrogen-bond acceptors (Lipinski definition) is 4. The number of aromatic hydroxyl groups is 1. The molecule has 0 saturated carbocycles. The maximum Gasteiger partial charge on any atom is 0.152 e. The molecule has 0 unspecified atom stereocenters. The predicted molar refractivity (Wildman–Crippen MR) is 262 cm³/mol. The maximum atomic E-state index is 12.5. The Bertz CT molecular complexity index is 3410. The fraction of sp³-hybridized carbons (Fsp3) is 0.207. The van der Waals surface area contributed by atoms with Gasteiger partial charge in [-0.2, -0.15) is 0 Å². The Morgan fingerprint density at radius 3 is 1.94 bits per heavy atom. The molecule has 1 N–H and O–H groups in total. The Kier molecular flexibility index (Phi) is 10.6. The normalized spacial score (nSPS) is 12.4. The molecule has 6 heteroatoms. The number of imidazole rings is 1. The van der Waals surface area contributed by atoms with E-state index in [1.807, 2.05) is 6.20 Å². The summed E-state index contributed by atoms with van der Waals surface area (Å²) in [5.41, 5.74) is 13.4. The summed E-state index contributed by atoms with van der Waals surface area (Å²) in [5.74, 6) is 0.922. The number of fused-ring (bicyclic) bond motifs is 5. The molecule has 0 saturated heterocycles. The van der Waals surface area contributed by atoms with Crippen LogP contribution in [0.25, 0.3) is 94.3 Å². The van der Waals surface area contributed by atoms with Crippen LogP contribution in [0.15, 0.2) is 150 Å². The van der Waals surface area contributed by atoms with Crippen LogP contribution in [0.5, 0.6) is 5.75 Å². The van der Waals surface area contributed by atoms with Gasteiger partial charge in [-0.15, -0.1) is 29.8 Å². The minimum Gasteiger partial charge on any atom is -0.507 e. The minimum absolute atomic E-state index is 0. The molecule has 3 heterocycles. The van der Waals surface area contributed by atoms with E-state index < -0.39 is 0 Å². The Labute approximate surface area is 390 Å². The second kappa shape index (κ2) is 15.7. The molecule has 322 valence electrons. The third-order valence-electron chi connectivity index (χ3n) is 12.5. The van der Waals surface area contributed by atoms with Crippen LogP contribution in [0.4, 0.5) is 0 Å². The van der Waals surface area contributed by atoms with E-state index in [0.29, 0.717) is 11.4 Å². The van der Waals surface area contributed by atoms with Gasteiger partial charge in [0.2, 0.25) is 0 Å². The fourth-order valence-corrected chi connectivity index (χ4v) is 8.89. The number of nitrogens with zero attached hydrogens (tertiary/aromatic N) is 3. The molecule has 0 bridgehead atoms. The summed E-state index contributed by atoms with van der Waals surface area (Å²) >= 11 is 0. The fourth-order valence-electron chi connectivity index (χ4n) is 8.89. The summed E-state index contributed by atoms with van der Waals surface area (Å²) in [6, 6.07) is 52.8. The van der Waals surface area contributed by atoms with E-state index in [4.69, 9.17) is 14.4 Å². The van der Waals surface area contributed by atoms with Crippen molar-refractivity contribution in [3.05, 3.63) is 168 Å². The summed E-state index contributed by atoms with van der Waals surface area (Å²) in [5, 5.41) is 16.8. The molecule has 3 aromatic heterocycles. The first kappa shape index (κ1) is 43.0. The Balaban J connectivity index is 0.00000518. The van der Waals surface area contributed by atoms with Gasteiger partial charge in [-0.05, 0) is 80.1 Å². The second-order valence-electron chi connectivity index (χ2n) is 20.1. The van der Waals surface area contributed by atoms with Crippen molar-refractivity contribution in [3.8, 4) is 56.3 Å². The van der Waals surface area contributed by atoms with Gasteiger partial charge in [0.15, 0.2) is 5.58 Å². The molecule has 0 spiro atoms. The number of phenolic OH excluding ortho intramolecular Hbond substituents is 1. The third-order valence-corrected chi connectivity index (χ3v) is 12.5. The zero-order chi connectivity index (χ0) is 44.0. The number of benzene rings is 7. The van der Waals surface area contributed by atoms with E-state index in [-0.39, 0.29) is 43.1 Å². The second-order valence-corrected chi connectivity index (χ2v) is 20.1. The van der Waals surface area contributed by atoms with Gasteiger partial charge < -0.3 is 9.52 Å². The van der Waals surface area contributed by atoms with Crippen molar-refractivity contribution in [2.24, 2.45) is 0 Å². The number of rotatable bonds is 5. The number of furan rings is 1. The van der Waals surface area contributed by atoms with Gasteiger partial charge in [-0.25, -0.2) is 4.98 Å². The van der Waals surface area contributed by atoms with Gasteiger partial charge in [-0.1, -0.05) is 158 Å². The average Bonchev–Trinajstić information content (AvgIpc) is 3.82. The van der Waals surface area contributed by atoms with Crippen LogP contribution in [0.2, 0.25) is 0 Å². The van der Waals surface area contributed by atoms with E-state index in [2.05, 4.69) is 212 Å². The predicted octanol–water partition coefficient (Wildman–Crippen LogP) is 15.5. The quantitative estimate of drug-likeness (QED) is 0.175. The molecule has 0 fully saturated rings. The van der Waals surface area contributed by atoms with Crippen LogP contribution >= 0.6 is 0 Å². The number of pyridine rings is 1. The standard InChI is InChI=1S/C58H52N3O2.Pt/c1-56(2,3)40-25-26-49(43(30-40)35-17-11-10-12-18-35)61-50-24-16-23-42(53(50)60-55(61)46-31-41(57(4,5)6)32-47(54(46)62)58(7,8)9)38-21-15-22-39(27-38)48-33-45-44-28-36-19-13-14-20-37(36)29-51(44)63-52(45)34-59-48;/h10-26,28-34,62H,1-9H3;/q-1;. The molecule has 0 radical (unpaired) electrons. The van der Waals surface area contributed by atoms with E-state index in [0.717, 1.165) is 88.7 Å². The van der Waals surface area contributed by atoms with Gasteiger partial charge in [0.25, 0.3) is 0 Å². The molecule has 0 atom stereocenters. The van der Waals surface area contributed by atoms with Crippen molar-refractivity contribution in [2.45, 2.75) is 78.6 Å². The summed E-state index contributed by atoms with van der Waals surface area (Å²) in [6.07, 6.45) is 1.82. The SMILES string of the molecule is CC(C)(C)c1ccc(-n2c(-c3cc(C(C)(C)C)cc(C(C)(C)C)c3O)nc3c(-c4[c-]c(-c5cc6c(cn5)oc5cc7ccccc7cc56)ccc4)cccc32)c(-c2ccccc2)c1.[Pt]. The third kappa shape index (κ3) is 7.54. The number of phenols is 1. The Morgan fingerprint density at radius 2 is 1.22 bits per heavy atom. The molecule has 0 aliphatic rings. The van der Waals surface area contributed by atoms with Crippen LogP contribution in [-0.4, -0.2) is 19.6 Å². The molecule has 10 aromatic rings. The van der Waals surface area contributed by atoms with Gasteiger partial charge in [0.05, 0.1) is 28.5 Å². The number of aromatic nitrogens is 3. The van der Waals surface area contributed by atoms with Crippen molar-refractivity contribution in [2.75, 3.05) is 0 Å². The molecule has 0 aliphatic heterocycles. The van der Waals surface area contributed by atoms with Crippen LogP contribution in [0.3, 0.4) is 0 Å². The number of hydrogen-bond donors (Lipinski definition) is 1. The van der Waals surface area contributed by atoms with Crippen molar-refractivity contribution >= 4 is 43.7 Å². The molecular weight excluding hydrogens is 966 g/mol. The smallest absolute Gasteiger partial charge is 0.152 e. The first-order valence-electron chi connectivity index (χ1n) is 21.9. The monoisotopic (exact) mass is 1020 g/mol. The van der Waals surface area contributed by atoms with E-state index in [1.165, 1.54) is 10.9 Å². The maximum absolute atomic E-state index is 12.5. The van der Waals surface area contributed by atoms with Crippen molar-refractivity contribution < 1.29 is 30.6 Å². The largest absolute Gasteiger partial charge is 0.507 e. The molecule has 0 aliphatic carbocycles. The first-order chi connectivity index (χ1) is 30.0. The van der Waals surface area contributed by atoms with E-state index in [1.54, 1.807) is 0 Å². The summed E-state index contributed by atoms with van der Waals surface area (Å²) in [6.45, 7) is 19.9. The molecule has 0 amide bonds. The van der Waals surface area contributed by atoms with Gasteiger partial charge in [0.1, 0.15) is 17.2 Å². The van der Waals surface area contributed by atoms with Gasteiger partial charge in [0, 0.05) is 48.7 Å². The molecular formula is C58H52N3O2Pt-. The van der Waals surface area contributed by atoms with E-state index in [9.17, 15) is 5.11 Å². The Hall–Kier alpha value is -6.29. The van der Waals surface area contributed by atoms with Crippen LogP contribution in [0, 0.1) is 6.07 Å². The van der Waals surface area contributed by atoms with Crippen LogP contribution < -0.4 is 0 Å².